The summed E-state index contributed by atoms with van der Waals surface area (Å²) in [6.07, 6.45) is 4.41. The van der Waals surface area contributed by atoms with Gasteiger partial charge in [0.25, 0.3) is 0 Å². The molecular formula is C14H16N2O3. The Kier molecular flexibility index (Phi) is 4.18. The van der Waals surface area contributed by atoms with Crippen LogP contribution in [0.1, 0.15) is 16.2 Å². The fourth-order valence-electron chi connectivity index (χ4n) is 1.77. The molecule has 0 unspecified atom stereocenters. The Morgan fingerprint density at radius 3 is 2.89 bits per heavy atom. The molecule has 0 amide bonds. The predicted octanol–water partition coefficient (Wildman–Crippen LogP) is 2.09. The molecule has 100 valence electrons. The predicted molar refractivity (Wildman–Crippen MR) is 70.8 cm³/mol. The summed E-state index contributed by atoms with van der Waals surface area (Å²) in [7, 11) is 1.56. The highest BCUT2D eigenvalue weighted by atomic mass is 16.5. The normalized spacial score (nSPS) is 10.2. The summed E-state index contributed by atoms with van der Waals surface area (Å²) in [4.78, 5) is 15.1. The molecule has 0 spiro atoms. The number of ether oxygens (including phenoxy) is 2. The molecule has 5 nitrogen and oxygen atoms in total. The van der Waals surface area contributed by atoms with Crippen LogP contribution in [0.2, 0.25) is 0 Å². The molecule has 2 aromatic rings. The monoisotopic (exact) mass is 260 g/mol. The van der Waals surface area contributed by atoms with Crippen molar-refractivity contribution in [2.45, 2.75) is 13.5 Å². The molecule has 0 fully saturated rings. The van der Waals surface area contributed by atoms with E-state index in [0.717, 1.165) is 12.1 Å². The maximum absolute atomic E-state index is 11.0. The van der Waals surface area contributed by atoms with E-state index in [-0.39, 0.29) is 0 Å². The number of aryl methyl sites for hydroxylation is 1. The van der Waals surface area contributed by atoms with Gasteiger partial charge in [-0.3, -0.25) is 4.79 Å². The van der Waals surface area contributed by atoms with Crippen molar-refractivity contribution in [2.75, 3.05) is 13.7 Å². The number of methoxy groups -OCH3 is 1. The van der Waals surface area contributed by atoms with Crippen molar-refractivity contribution in [1.29, 1.82) is 0 Å². The number of carbonyl (C=O) groups excluding carboxylic acids is 1. The van der Waals surface area contributed by atoms with Gasteiger partial charge in [0.2, 0.25) is 0 Å². The minimum absolute atomic E-state index is 0.477. The first-order valence-electron chi connectivity index (χ1n) is 5.98. The van der Waals surface area contributed by atoms with E-state index < -0.39 is 0 Å². The molecule has 1 heterocycles. The lowest BCUT2D eigenvalue weighted by atomic mass is 10.2. The van der Waals surface area contributed by atoms with Gasteiger partial charge < -0.3 is 14.0 Å². The largest absolute Gasteiger partial charge is 0.497 e. The Morgan fingerprint density at radius 2 is 2.26 bits per heavy atom. The quantitative estimate of drug-likeness (QED) is 0.746. The number of carbonyl (C=O) groups is 1. The Balaban J connectivity index is 1.99. The van der Waals surface area contributed by atoms with Crippen molar-refractivity contribution in [3.63, 3.8) is 0 Å². The zero-order valence-corrected chi connectivity index (χ0v) is 11.0. The average Bonchev–Trinajstić information content (AvgIpc) is 2.84. The number of imidazole rings is 1. The fraction of sp³-hybridized carbons (Fsp3) is 0.286. The van der Waals surface area contributed by atoms with E-state index in [1.807, 2.05) is 17.7 Å². The lowest BCUT2D eigenvalue weighted by Gasteiger charge is -2.10. The second-order valence-electron chi connectivity index (χ2n) is 4.04. The second kappa shape index (κ2) is 6.04. The molecule has 1 aromatic heterocycles. The third-order valence-electron chi connectivity index (χ3n) is 2.86. The molecule has 0 bridgehead atoms. The SMILES string of the molecule is COc1ccc(OCCn2ccnc2C)c(C=O)c1. The molecule has 0 N–H and O–H groups in total. The van der Waals surface area contributed by atoms with Gasteiger partial charge in [-0.15, -0.1) is 0 Å². The summed E-state index contributed by atoms with van der Waals surface area (Å²) >= 11 is 0. The van der Waals surface area contributed by atoms with E-state index in [9.17, 15) is 4.79 Å². The maximum atomic E-state index is 11.0. The Labute approximate surface area is 111 Å². The maximum Gasteiger partial charge on any atom is 0.153 e. The molecule has 1 aromatic carbocycles. The summed E-state index contributed by atoms with van der Waals surface area (Å²) in [5.74, 6) is 2.14. The van der Waals surface area contributed by atoms with Crippen LogP contribution >= 0.6 is 0 Å². The average molecular weight is 260 g/mol. The lowest BCUT2D eigenvalue weighted by Crippen LogP contribution is -2.09. The van der Waals surface area contributed by atoms with Gasteiger partial charge in [0.05, 0.1) is 19.2 Å². The van der Waals surface area contributed by atoms with Crippen LogP contribution in [0, 0.1) is 6.92 Å². The highest BCUT2D eigenvalue weighted by molar-refractivity contribution is 5.80. The fourth-order valence-corrected chi connectivity index (χ4v) is 1.77. The molecule has 5 heteroatoms. The van der Waals surface area contributed by atoms with Crippen LogP contribution in [0.3, 0.4) is 0 Å². The van der Waals surface area contributed by atoms with E-state index in [1.165, 1.54) is 0 Å². The summed E-state index contributed by atoms with van der Waals surface area (Å²) in [5.41, 5.74) is 0.488. The third kappa shape index (κ3) is 3.13. The number of benzene rings is 1. The highest BCUT2D eigenvalue weighted by Crippen LogP contribution is 2.22. The number of hydrogen-bond acceptors (Lipinski definition) is 4. The highest BCUT2D eigenvalue weighted by Gasteiger charge is 2.05. The molecule has 2 rings (SSSR count). The van der Waals surface area contributed by atoms with Crippen molar-refractivity contribution in [3.05, 3.63) is 42.0 Å². The third-order valence-corrected chi connectivity index (χ3v) is 2.86. The van der Waals surface area contributed by atoms with E-state index in [2.05, 4.69) is 4.98 Å². The smallest absolute Gasteiger partial charge is 0.153 e. The van der Waals surface area contributed by atoms with Crippen molar-refractivity contribution in [3.8, 4) is 11.5 Å². The van der Waals surface area contributed by atoms with Crippen LogP contribution in [-0.4, -0.2) is 29.6 Å². The summed E-state index contributed by atoms with van der Waals surface area (Å²) in [6, 6.07) is 5.17. The van der Waals surface area contributed by atoms with Gasteiger partial charge in [0.15, 0.2) is 6.29 Å². The first-order valence-corrected chi connectivity index (χ1v) is 5.98. The van der Waals surface area contributed by atoms with E-state index >= 15 is 0 Å². The first-order chi connectivity index (χ1) is 9.24. The van der Waals surface area contributed by atoms with E-state index in [0.29, 0.717) is 30.2 Å². The van der Waals surface area contributed by atoms with Crippen LogP contribution in [0.25, 0.3) is 0 Å². The Bertz CT molecular complexity index is 564. The van der Waals surface area contributed by atoms with Crippen molar-refractivity contribution < 1.29 is 14.3 Å². The van der Waals surface area contributed by atoms with Gasteiger partial charge in [-0.25, -0.2) is 4.98 Å². The minimum Gasteiger partial charge on any atom is -0.497 e. The molecule has 0 aliphatic carbocycles. The molecule has 0 saturated carbocycles. The number of aldehydes is 1. The first kappa shape index (κ1) is 13.1. The van der Waals surface area contributed by atoms with E-state index in [1.54, 1.807) is 31.5 Å². The van der Waals surface area contributed by atoms with E-state index in [4.69, 9.17) is 9.47 Å². The van der Waals surface area contributed by atoms with Gasteiger partial charge in [-0.2, -0.15) is 0 Å². The Hall–Kier alpha value is -2.30. The van der Waals surface area contributed by atoms with Gasteiger partial charge in [-0.05, 0) is 25.1 Å². The minimum atomic E-state index is 0.477. The molecule has 0 atom stereocenters. The number of hydrogen-bond donors (Lipinski definition) is 0. The summed E-state index contributed by atoms with van der Waals surface area (Å²) in [5, 5.41) is 0. The van der Waals surface area contributed by atoms with Gasteiger partial charge >= 0.3 is 0 Å². The summed E-state index contributed by atoms with van der Waals surface area (Å²) < 4.78 is 12.7. The second-order valence-corrected chi connectivity index (χ2v) is 4.04. The number of aromatic nitrogens is 2. The zero-order valence-electron chi connectivity index (χ0n) is 11.0. The van der Waals surface area contributed by atoms with Gasteiger partial charge in [0, 0.05) is 12.4 Å². The van der Waals surface area contributed by atoms with Crippen molar-refractivity contribution in [1.82, 2.24) is 9.55 Å². The van der Waals surface area contributed by atoms with Crippen LogP contribution in [0.5, 0.6) is 11.5 Å². The molecule has 0 saturated heterocycles. The lowest BCUT2D eigenvalue weighted by molar-refractivity contribution is 0.111. The molecule has 0 aliphatic rings. The van der Waals surface area contributed by atoms with Crippen LogP contribution in [0.15, 0.2) is 30.6 Å². The standard InChI is InChI=1S/C14H16N2O3/c1-11-15-5-6-16(11)7-8-19-14-4-3-13(18-2)9-12(14)10-17/h3-6,9-10H,7-8H2,1-2H3. The zero-order chi connectivity index (χ0) is 13.7. The molecule has 0 aliphatic heterocycles. The Morgan fingerprint density at radius 1 is 1.42 bits per heavy atom. The number of rotatable bonds is 6. The van der Waals surface area contributed by atoms with Gasteiger partial charge in [0.1, 0.15) is 23.9 Å². The number of nitrogens with zero attached hydrogens (tertiary/aromatic N) is 2. The van der Waals surface area contributed by atoms with Crippen LogP contribution in [-0.2, 0) is 6.54 Å². The van der Waals surface area contributed by atoms with Crippen LogP contribution in [0.4, 0.5) is 0 Å². The molecular weight excluding hydrogens is 244 g/mol. The van der Waals surface area contributed by atoms with Crippen LogP contribution < -0.4 is 9.47 Å². The molecule has 0 radical (unpaired) electrons. The topological polar surface area (TPSA) is 53.4 Å². The van der Waals surface area contributed by atoms with Crippen molar-refractivity contribution in [2.24, 2.45) is 0 Å². The van der Waals surface area contributed by atoms with Crippen molar-refractivity contribution >= 4 is 6.29 Å². The molecule has 19 heavy (non-hydrogen) atoms. The van der Waals surface area contributed by atoms with Gasteiger partial charge in [-0.1, -0.05) is 0 Å². The summed E-state index contributed by atoms with van der Waals surface area (Å²) in [6.45, 7) is 3.10.